The molecule has 0 atom stereocenters. The molecule has 4 N–H and O–H groups in total. The molecule has 4 aromatic rings. The number of amides is 2. The molecule has 0 fully saturated rings. The van der Waals surface area contributed by atoms with Gasteiger partial charge in [-0.25, -0.2) is 22.9 Å². The number of fused-ring (bicyclic) bond motifs is 1. The Morgan fingerprint density at radius 1 is 1.06 bits per heavy atom. The SMILES string of the molecule is CNc1ccc2c(=O)n(-c3c(F)cc(NC(=O)NCc4ccc(C)s4)cc3F)c(=O)[nH]c2c1. The number of hydrogen-bond acceptors (Lipinski definition) is 5. The van der Waals surface area contributed by atoms with Crippen molar-refractivity contribution in [1.82, 2.24) is 14.9 Å². The molecule has 0 aliphatic rings. The summed E-state index contributed by atoms with van der Waals surface area (Å²) in [7, 11) is 1.67. The quantitative estimate of drug-likeness (QED) is 0.356. The number of anilines is 2. The highest BCUT2D eigenvalue weighted by molar-refractivity contribution is 7.11. The lowest BCUT2D eigenvalue weighted by atomic mass is 10.2. The van der Waals surface area contributed by atoms with E-state index in [4.69, 9.17) is 0 Å². The fourth-order valence-electron chi connectivity index (χ4n) is 3.35. The lowest BCUT2D eigenvalue weighted by Gasteiger charge is -2.12. The summed E-state index contributed by atoms with van der Waals surface area (Å²) < 4.78 is 30.1. The van der Waals surface area contributed by atoms with Crippen molar-refractivity contribution in [3.63, 3.8) is 0 Å². The summed E-state index contributed by atoms with van der Waals surface area (Å²) in [6.07, 6.45) is 0. The number of urea groups is 1. The van der Waals surface area contributed by atoms with Crippen LogP contribution in [0.2, 0.25) is 0 Å². The number of nitrogens with zero attached hydrogens (tertiary/aromatic N) is 1. The molecule has 8 nitrogen and oxygen atoms in total. The average molecular weight is 471 g/mol. The van der Waals surface area contributed by atoms with Crippen molar-refractivity contribution in [2.75, 3.05) is 17.7 Å². The van der Waals surface area contributed by atoms with Gasteiger partial charge in [-0.05, 0) is 49.4 Å². The number of aromatic nitrogens is 2. The maximum atomic E-state index is 14.8. The number of thiophene rings is 1. The van der Waals surface area contributed by atoms with Crippen LogP contribution in [-0.4, -0.2) is 22.6 Å². The molecule has 11 heteroatoms. The van der Waals surface area contributed by atoms with Gasteiger partial charge >= 0.3 is 11.7 Å². The second kappa shape index (κ2) is 8.87. The van der Waals surface area contributed by atoms with Gasteiger partial charge in [0, 0.05) is 28.2 Å². The van der Waals surface area contributed by atoms with E-state index in [-0.39, 0.29) is 23.1 Å². The van der Waals surface area contributed by atoms with Crippen molar-refractivity contribution in [1.29, 1.82) is 0 Å². The van der Waals surface area contributed by atoms with E-state index in [0.717, 1.165) is 21.9 Å². The molecule has 2 aromatic heterocycles. The molecular formula is C22H19F2N5O3S. The van der Waals surface area contributed by atoms with Crippen molar-refractivity contribution in [3.8, 4) is 5.69 Å². The predicted molar refractivity (Wildman–Crippen MR) is 125 cm³/mol. The van der Waals surface area contributed by atoms with Gasteiger partial charge in [-0.1, -0.05) is 0 Å². The number of nitrogens with one attached hydrogen (secondary N) is 4. The van der Waals surface area contributed by atoms with Crippen molar-refractivity contribution < 1.29 is 13.6 Å². The third-order valence-electron chi connectivity index (χ3n) is 4.90. The lowest BCUT2D eigenvalue weighted by molar-refractivity contribution is 0.252. The second-order valence-corrected chi connectivity index (χ2v) is 8.56. The minimum absolute atomic E-state index is 0.0813. The number of carbonyl (C=O) groups excluding carboxylic acids is 1. The first-order valence-electron chi connectivity index (χ1n) is 9.83. The number of halogens is 2. The third-order valence-corrected chi connectivity index (χ3v) is 5.90. The van der Waals surface area contributed by atoms with Crippen molar-refractivity contribution in [2.24, 2.45) is 0 Å². The number of rotatable bonds is 5. The van der Waals surface area contributed by atoms with Crippen molar-refractivity contribution >= 4 is 39.6 Å². The zero-order valence-electron chi connectivity index (χ0n) is 17.6. The fraction of sp³-hybridized carbons (Fsp3) is 0.136. The van der Waals surface area contributed by atoms with Crippen LogP contribution in [0.4, 0.5) is 25.0 Å². The Morgan fingerprint density at radius 3 is 2.42 bits per heavy atom. The van der Waals surface area contributed by atoms with Gasteiger partial charge in [0.2, 0.25) is 0 Å². The zero-order valence-corrected chi connectivity index (χ0v) is 18.4. The molecule has 4 rings (SSSR count). The Balaban J connectivity index is 1.63. The minimum atomic E-state index is -1.18. The Labute approximate surface area is 189 Å². The molecule has 0 saturated carbocycles. The largest absolute Gasteiger partial charge is 0.388 e. The molecule has 0 aliphatic heterocycles. The second-order valence-electron chi connectivity index (χ2n) is 7.19. The van der Waals surface area contributed by atoms with Gasteiger partial charge < -0.3 is 20.9 Å². The molecule has 0 spiro atoms. The van der Waals surface area contributed by atoms with E-state index in [9.17, 15) is 23.2 Å². The molecule has 2 heterocycles. The van der Waals surface area contributed by atoms with E-state index in [0.29, 0.717) is 10.3 Å². The number of H-pyrrole nitrogens is 1. The summed E-state index contributed by atoms with van der Waals surface area (Å²) in [5, 5.41) is 7.89. The molecule has 33 heavy (non-hydrogen) atoms. The number of aromatic amines is 1. The van der Waals surface area contributed by atoms with Gasteiger partial charge in [-0.2, -0.15) is 0 Å². The molecular weight excluding hydrogens is 452 g/mol. The van der Waals surface area contributed by atoms with E-state index in [2.05, 4.69) is 20.9 Å². The summed E-state index contributed by atoms with van der Waals surface area (Å²) >= 11 is 1.51. The van der Waals surface area contributed by atoms with Gasteiger partial charge in [-0.15, -0.1) is 11.3 Å². The molecule has 2 aromatic carbocycles. The Kier molecular flexibility index (Phi) is 5.97. The van der Waals surface area contributed by atoms with Crippen molar-refractivity contribution in [2.45, 2.75) is 13.5 Å². The standard InChI is InChI=1S/C22H19F2N5O3S/c1-11-3-5-14(33-11)10-26-21(31)27-13-7-16(23)19(17(24)8-13)29-20(30)15-6-4-12(25-2)9-18(15)28-22(29)32/h3-9,25H,10H2,1-2H3,(H,28,32)(H2,26,27,31). The first kappa shape index (κ1) is 22.2. The first-order valence-corrected chi connectivity index (χ1v) is 10.6. The maximum absolute atomic E-state index is 14.8. The Morgan fingerprint density at radius 2 is 1.79 bits per heavy atom. The molecule has 0 unspecified atom stereocenters. The van der Waals surface area contributed by atoms with Gasteiger partial charge in [0.05, 0.1) is 17.4 Å². The molecule has 170 valence electrons. The lowest BCUT2D eigenvalue weighted by Crippen LogP contribution is -2.35. The number of aryl methyl sites for hydroxylation is 1. The highest BCUT2D eigenvalue weighted by atomic mass is 32.1. The summed E-state index contributed by atoms with van der Waals surface area (Å²) in [4.78, 5) is 41.9. The molecule has 2 amide bonds. The number of hydrogen-bond donors (Lipinski definition) is 4. The zero-order chi connectivity index (χ0) is 23.7. The van der Waals surface area contributed by atoms with Crippen LogP contribution in [0, 0.1) is 18.6 Å². The van der Waals surface area contributed by atoms with Crippen LogP contribution in [0.15, 0.2) is 52.1 Å². The molecule has 0 aliphatic carbocycles. The summed E-state index contributed by atoms with van der Waals surface area (Å²) in [5.41, 5.74) is -2.00. The number of benzene rings is 2. The van der Waals surface area contributed by atoms with Crippen LogP contribution in [0.3, 0.4) is 0 Å². The van der Waals surface area contributed by atoms with E-state index in [1.54, 1.807) is 19.2 Å². The highest BCUT2D eigenvalue weighted by Crippen LogP contribution is 2.22. The van der Waals surface area contributed by atoms with Crippen molar-refractivity contribution in [3.05, 3.63) is 84.7 Å². The van der Waals surface area contributed by atoms with Crippen LogP contribution in [0.5, 0.6) is 0 Å². The third kappa shape index (κ3) is 4.48. The Bertz CT molecular complexity index is 1470. The van der Waals surface area contributed by atoms with Crippen LogP contribution in [-0.2, 0) is 6.54 Å². The van der Waals surface area contributed by atoms with Gasteiger partial charge in [-0.3, -0.25) is 4.79 Å². The minimum Gasteiger partial charge on any atom is -0.388 e. The normalized spacial score (nSPS) is 10.9. The number of carbonyl (C=O) groups is 1. The summed E-state index contributed by atoms with van der Waals surface area (Å²) in [6.45, 7) is 2.19. The average Bonchev–Trinajstić information content (AvgIpc) is 3.18. The van der Waals surface area contributed by atoms with E-state index in [1.807, 2.05) is 19.1 Å². The van der Waals surface area contributed by atoms with Crippen LogP contribution < -0.4 is 27.2 Å². The Hall–Kier alpha value is -3.99. The molecule has 0 saturated heterocycles. The van der Waals surface area contributed by atoms with Gasteiger partial charge in [0.25, 0.3) is 5.56 Å². The summed E-state index contributed by atoms with van der Waals surface area (Å²) in [6, 6.07) is 9.39. The molecule has 0 radical (unpaired) electrons. The van der Waals surface area contributed by atoms with E-state index >= 15 is 0 Å². The van der Waals surface area contributed by atoms with E-state index < -0.39 is 34.6 Å². The molecule has 0 bridgehead atoms. The topological polar surface area (TPSA) is 108 Å². The predicted octanol–water partition coefficient (Wildman–Crippen LogP) is 3.69. The fourth-order valence-corrected chi connectivity index (χ4v) is 4.18. The van der Waals surface area contributed by atoms with Crippen LogP contribution >= 0.6 is 11.3 Å². The van der Waals surface area contributed by atoms with Gasteiger partial charge in [0.1, 0.15) is 5.69 Å². The summed E-state index contributed by atoms with van der Waals surface area (Å²) in [5.74, 6) is -2.36. The first-order chi connectivity index (χ1) is 15.8. The van der Waals surface area contributed by atoms with Crippen LogP contribution in [0.1, 0.15) is 9.75 Å². The van der Waals surface area contributed by atoms with Gasteiger partial charge in [0.15, 0.2) is 11.6 Å². The monoisotopic (exact) mass is 471 g/mol. The maximum Gasteiger partial charge on any atom is 0.333 e. The highest BCUT2D eigenvalue weighted by Gasteiger charge is 2.19. The van der Waals surface area contributed by atoms with E-state index in [1.165, 1.54) is 17.4 Å². The van der Waals surface area contributed by atoms with Crippen LogP contribution in [0.25, 0.3) is 16.6 Å². The smallest absolute Gasteiger partial charge is 0.333 e.